The molecule has 1 atom stereocenters. The van der Waals surface area contributed by atoms with Crippen LogP contribution in [0.25, 0.3) is 10.2 Å². The van der Waals surface area contributed by atoms with Crippen LogP contribution >= 0.6 is 22.7 Å². The molecule has 4 aromatic rings. The molecule has 13 heteroatoms. The molecule has 4 rings (SSSR count). The number of benzene rings is 2. The number of thiazole rings is 1. The van der Waals surface area contributed by atoms with Crippen molar-refractivity contribution in [2.45, 2.75) is 38.8 Å². The van der Waals surface area contributed by atoms with Crippen molar-refractivity contribution in [1.29, 1.82) is 0 Å². The Kier molecular flexibility index (Phi) is 10.7. The minimum atomic E-state index is -0.764. The Balaban J connectivity index is 1.35. The number of carbonyl (C=O) groups excluding carboxylic acids is 3. The average molecular weight is 640 g/mol. The predicted octanol–water partition coefficient (Wildman–Crippen LogP) is 5.63. The lowest BCUT2D eigenvalue weighted by Gasteiger charge is -2.26. The van der Waals surface area contributed by atoms with Crippen molar-refractivity contribution in [2.75, 3.05) is 45.0 Å². The largest absolute Gasteiger partial charge is 0.493 e. The van der Waals surface area contributed by atoms with E-state index in [0.29, 0.717) is 47.4 Å². The van der Waals surface area contributed by atoms with Gasteiger partial charge in [-0.1, -0.05) is 17.4 Å². The van der Waals surface area contributed by atoms with Crippen molar-refractivity contribution >= 4 is 61.6 Å². The van der Waals surface area contributed by atoms with Crippen molar-refractivity contribution in [3.8, 4) is 11.5 Å². The van der Waals surface area contributed by atoms with Crippen LogP contribution in [0.3, 0.4) is 0 Å². The van der Waals surface area contributed by atoms with Gasteiger partial charge in [0.15, 0.2) is 16.6 Å². The van der Waals surface area contributed by atoms with Crippen LogP contribution < -0.4 is 25.4 Å². The molecule has 0 spiro atoms. The molecule has 0 saturated heterocycles. The molecule has 1 unspecified atom stereocenters. The van der Waals surface area contributed by atoms with E-state index in [-0.39, 0.29) is 11.8 Å². The summed E-state index contributed by atoms with van der Waals surface area (Å²) in [5.74, 6) is 0.603. The zero-order valence-electron chi connectivity index (χ0n) is 25.6. The molecule has 2 heterocycles. The van der Waals surface area contributed by atoms with Crippen LogP contribution in [0.5, 0.6) is 11.5 Å². The van der Waals surface area contributed by atoms with Gasteiger partial charge in [0.2, 0.25) is 5.91 Å². The minimum Gasteiger partial charge on any atom is -0.493 e. The van der Waals surface area contributed by atoms with E-state index >= 15 is 0 Å². The highest BCUT2D eigenvalue weighted by atomic mass is 32.1. The van der Waals surface area contributed by atoms with E-state index in [0.717, 1.165) is 15.1 Å². The predicted molar refractivity (Wildman–Crippen MR) is 174 cm³/mol. The average Bonchev–Trinajstić information content (AvgIpc) is 3.64. The molecule has 0 aliphatic carbocycles. The molecule has 234 valence electrons. The zero-order valence-corrected chi connectivity index (χ0v) is 27.2. The number of rotatable bonds is 12. The molecular formula is C31H37N5O6S2. The molecule has 11 nitrogen and oxygen atoms in total. The van der Waals surface area contributed by atoms with E-state index in [2.05, 4.69) is 20.9 Å². The zero-order chi connectivity index (χ0) is 31.9. The summed E-state index contributed by atoms with van der Waals surface area (Å²) in [6.07, 6.45) is -0.266. The number of fused-ring (bicyclic) bond motifs is 1. The van der Waals surface area contributed by atoms with Crippen LogP contribution in [0, 0.1) is 0 Å². The number of methoxy groups -OCH3 is 2. The van der Waals surface area contributed by atoms with Gasteiger partial charge in [-0.05, 0) is 62.5 Å². The molecule has 44 heavy (non-hydrogen) atoms. The molecular weight excluding hydrogens is 603 g/mol. The third-order valence-electron chi connectivity index (χ3n) is 6.37. The van der Waals surface area contributed by atoms with E-state index in [9.17, 15) is 14.4 Å². The van der Waals surface area contributed by atoms with Crippen LogP contribution in [0.2, 0.25) is 0 Å². The number of nitrogens with one attached hydrogen (secondary N) is 3. The number of nitrogens with zero attached hydrogens (tertiary/aromatic N) is 2. The molecule has 0 saturated carbocycles. The maximum atomic E-state index is 13.3. The lowest BCUT2D eigenvalue weighted by Crippen LogP contribution is -2.50. The highest BCUT2D eigenvalue weighted by molar-refractivity contribution is 7.22. The van der Waals surface area contributed by atoms with Crippen LogP contribution in [-0.2, 0) is 16.0 Å². The summed E-state index contributed by atoms with van der Waals surface area (Å²) in [5, 5.41) is 11.5. The molecule has 2 aromatic carbocycles. The van der Waals surface area contributed by atoms with Gasteiger partial charge in [-0.2, -0.15) is 0 Å². The molecule has 3 N–H and O–H groups in total. The number of hydrogen-bond donors (Lipinski definition) is 3. The van der Waals surface area contributed by atoms with Gasteiger partial charge in [0.05, 0.1) is 24.4 Å². The third-order valence-corrected chi connectivity index (χ3v) is 8.24. The summed E-state index contributed by atoms with van der Waals surface area (Å²) in [5.41, 5.74) is 1.14. The molecule has 0 aliphatic rings. The lowest BCUT2D eigenvalue weighted by atomic mass is 10.1. The number of thiophene rings is 1. The first-order chi connectivity index (χ1) is 21.0. The van der Waals surface area contributed by atoms with Gasteiger partial charge in [0, 0.05) is 48.8 Å². The summed E-state index contributed by atoms with van der Waals surface area (Å²) >= 11 is 2.94. The monoisotopic (exact) mass is 639 g/mol. The van der Waals surface area contributed by atoms with Crippen molar-refractivity contribution < 1.29 is 28.6 Å². The summed E-state index contributed by atoms with van der Waals surface area (Å²) in [4.78, 5) is 45.9. The summed E-state index contributed by atoms with van der Waals surface area (Å²) in [6, 6.07) is 13.6. The molecule has 3 amide bonds. The Labute approximate surface area is 264 Å². The quantitative estimate of drug-likeness (QED) is 0.182. The van der Waals surface area contributed by atoms with Crippen LogP contribution in [0.4, 0.5) is 15.6 Å². The Bertz CT molecular complexity index is 1600. The fourth-order valence-electron chi connectivity index (χ4n) is 4.25. The normalized spacial score (nSPS) is 11.9. The molecule has 0 radical (unpaired) electrons. The van der Waals surface area contributed by atoms with Crippen molar-refractivity contribution in [1.82, 2.24) is 15.2 Å². The van der Waals surface area contributed by atoms with Gasteiger partial charge in [-0.3, -0.25) is 9.59 Å². The van der Waals surface area contributed by atoms with E-state index in [1.54, 1.807) is 76.2 Å². The summed E-state index contributed by atoms with van der Waals surface area (Å²) in [6.45, 7) is 6.15. The van der Waals surface area contributed by atoms with Gasteiger partial charge in [-0.25, -0.2) is 9.78 Å². The third kappa shape index (κ3) is 8.83. The molecule has 0 bridgehead atoms. The van der Waals surface area contributed by atoms with Crippen molar-refractivity contribution in [3.05, 3.63) is 64.4 Å². The first kappa shape index (κ1) is 32.6. The maximum absolute atomic E-state index is 13.3. The number of alkyl carbamates (subject to hydrolysis) is 1. The number of carbonyl (C=O) groups is 3. The van der Waals surface area contributed by atoms with E-state index in [1.807, 2.05) is 17.5 Å². The standard InChI is InChI=1S/C31H37N5O6S2/c1-31(2,3)42-30(39)35-23(18-21-8-7-15-43-21)28(38)36(4)14-13-32-29-34-22-11-9-19(16-26(22)44-29)27(37)33-20-10-12-24(40-5)25(17-20)41-6/h7-12,15-17,23H,13-14,18H2,1-6H3,(H,32,34)(H,33,37)(H,35,39). The van der Waals surface area contributed by atoms with Gasteiger partial charge in [0.1, 0.15) is 11.6 Å². The number of likely N-dealkylation sites (N-methyl/N-ethyl adjacent to an activating group) is 1. The Morgan fingerprint density at radius 1 is 1.02 bits per heavy atom. The summed E-state index contributed by atoms with van der Waals surface area (Å²) in [7, 11) is 4.79. The van der Waals surface area contributed by atoms with Crippen molar-refractivity contribution in [2.24, 2.45) is 0 Å². The molecule has 0 fully saturated rings. The van der Waals surface area contributed by atoms with Gasteiger partial charge < -0.3 is 35.1 Å². The van der Waals surface area contributed by atoms with Crippen LogP contribution in [-0.4, -0.2) is 73.8 Å². The smallest absolute Gasteiger partial charge is 0.408 e. The summed E-state index contributed by atoms with van der Waals surface area (Å²) < 4.78 is 16.8. The number of anilines is 2. The number of amides is 3. The van der Waals surface area contributed by atoms with Crippen molar-refractivity contribution in [3.63, 3.8) is 0 Å². The molecule has 0 aliphatic heterocycles. The topological polar surface area (TPSA) is 131 Å². The minimum absolute atomic E-state index is 0.222. The second-order valence-corrected chi connectivity index (χ2v) is 13.0. The van der Waals surface area contributed by atoms with Crippen LogP contribution in [0.1, 0.15) is 36.0 Å². The highest BCUT2D eigenvalue weighted by Crippen LogP contribution is 2.31. The SMILES string of the molecule is COc1ccc(NC(=O)c2ccc3nc(NCCN(C)C(=O)C(Cc4cccs4)NC(=O)OC(C)(C)C)sc3c2)cc1OC. The van der Waals surface area contributed by atoms with E-state index in [4.69, 9.17) is 14.2 Å². The lowest BCUT2D eigenvalue weighted by molar-refractivity contribution is -0.132. The highest BCUT2D eigenvalue weighted by Gasteiger charge is 2.27. The second kappa shape index (κ2) is 14.4. The maximum Gasteiger partial charge on any atom is 0.408 e. The van der Waals surface area contributed by atoms with Gasteiger partial charge in [-0.15, -0.1) is 11.3 Å². The van der Waals surface area contributed by atoms with Gasteiger partial charge >= 0.3 is 6.09 Å². The van der Waals surface area contributed by atoms with Crippen LogP contribution in [0.15, 0.2) is 53.9 Å². The van der Waals surface area contributed by atoms with E-state index < -0.39 is 17.7 Å². The van der Waals surface area contributed by atoms with E-state index in [1.165, 1.54) is 29.8 Å². The fraction of sp³-hybridized carbons (Fsp3) is 0.355. The van der Waals surface area contributed by atoms with Gasteiger partial charge in [0.25, 0.3) is 5.91 Å². The fourth-order valence-corrected chi connectivity index (χ4v) is 5.93. The number of aromatic nitrogens is 1. The number of ether oxygens (including phenoxy) is 3. The second-order valence-electron chi connectivity index (χ2n) is 10.9. The Hall–Kier alpha value is -4.36. The Morgan fingerprint density at radius 3 is 2.48 bits per heavy atom. The number of hydrogen-bond acceptors (Lipinski definition) is 10. The molecule has 2 aromatic heterocycles. The Morgan fingerprint density at radius 2 is 1.80 bits per heavy atom. The first-order valence-electron chi connectivity index (χ1n) is 13.9. The first-order valence-corrected chi connectivity index (χ1v) is 15.6.